The Morgan fingerprint density at radius 1 is 1.45 bits per heavy atom. The first kappa shape index (κ1) is 12.6. The van der Waals surface area contributed by atoms with Crippen LogP contribution in [-0.4, -0.2) is 37.4 Å². The highest BCUT2D eigenvalue weighted by Gasteiger charge is 2.42. The molecule has 0 saturated carbocycles. The zero-order chi connectivity index (χ0) is 14.3. The second kappa shape index (κ2) is 4.59. The molecule has 0 unspecified atom stereocenters. The third-order valence-electron chi connectivity index (χ3n) is 3.56. The highest BCUT2D eigenvalue weighted by molar-refractivity contribution is 6.00. The fourth-order valence-electron chi connectivity index (χ4n) is 2.58. The molecule has 2 aliphatic heterocycles. The Morgan fingerprint density at radius 3 is 2.95 bits per heavy atom. The summed E-state index contributed by atoms with van der Waals surface area (Å²) in [6.07, 6.45) is 0. The van der Waals surface area contributed by atoms with Crippen molar-refractivity contribution in [3.8, 4) is 17.2 Å². The van der Waals surface area contributed by atoms with Crippen molar-refractivity contribution in [2.24, 2.45) is 5.92 Å². The molecule has 0 bridgehead atoms. The molecule has 2 N–H and O–H groups in total. The number of amides is 1. The lowest BCUT2D eigenvalue weighted by Gasteiger charge is -2.15. The average Bonchev–Trinajstić information content (AvgIpc) is 3.03. The molecule has 1 amide bonds. The predicted molar refractivity (Wildman–Crippen MR) is 66.0 cm³/mol. The molecule has 106 valence electrons. The van der Waals surface area contributed by atoms with Gasteiger partial charge in [-0.05, 0) is 17.7 Å². The number of rotatable bonds is 3. The van der Waals surface area contributed by atoms with Crippen molar-refractivity contribution in [2.45, 2.75) is 5.92 Å². The number of methoxy groups -OCH3 is 1. The zero-order valence-corrected chi connectivity index (χ0v) is 10.7. The number of nitrogens with one attached hydrogen (secondary N) is 1. The molecule has 0 radical (unpaired) electrons. The quantitative estimate of drug-likeness (QED) is 0.775. The molecule has 1 aromatic rings. The van der Waals surface area contributed by atoms with Crippen molar-refractivity contribution in [1.82, 2.24) is 5.32 Å². The van der Waals surface area contributed by atoms with Crippen LogP contribution in [0.2, 0.25) is 0 Å². The summed E-state index contributed by atoms with van der Waals surface area (Å²) in [4.78, 5) is 22.8. The maximum absolute atomic E-state index is 11.6. The second-order valence-corrected chi connectivity index (χ2v) is 4.62. The van der Waals surface area contributed by atoms with Crippen molar-refractivity contribution in [3.63, 3.8) is 0 Å². The van der Waals surface area contributed by atoms with Gasteiger partial charge in [0.1, 0.15) is 5.92 Å². The first-order valence-electron chi connectivity index (χ1n) is 6.10. The minimum absolute atomic E-state index is 0.0966. The van der Waals surface area contributed by atoms with E-state index in [1.165, 1.54) is 7.11 Å². The minimum atomic E-state index is -1.14. The fraction of sp³-hybridized carbons (Fsp3) is 0.385. The van der Waals surface area contributed by atoms with Gasteiger partial charge in [0.2, 0.25) is 18.4 Å². The SMILES string of the molecule is COc1cc([C@@H]2CNC(=O)[C@@H]2C(=O)O)cc2c1OCO2. The van der Waals surface area contributed by atoms with Crippen LogP contribution < -0.4 is 19.5 Å². The summed E-state index contributed by atoms with van der Waals surface area (Å²) < 4.78 is 15.8. The summed E-state index contributed by atoms with van der Waals surface area (Å²) >= 11 is 0. The van der Waals surface area contributed by atoms with Gasteiger partial charge in [-0.15, -0.1) is 0 Å². The molecule has 1 saturated heterocycles. The minimum Gasteiger partial charge on any atom is -0.493 e. The van der Waals surface area contributed by atoms with Crippen molar-refractivity contribution < 1.29 is 28.9 Å². The molecule has 2 atom stereocenters. The molecule has 0 aromatic heterocycles. The van der Waals surface area contributed by atoms with Gasteiger partial charge in [0, 0.05) is 12.5 Å². The lowest BCUT2D eigenvalue weighted by molar-refractivity contribution is -0.145. The number of ether oxygens (including phenoxy) is 3. The molecule has 2 heterocycles. The van der Waals surface area contributed by atoms with E-state index in [4.69, 9.17) is 14.2 Å². The monoisotopic (exact) mass is 279 g/mol. The molecule has 7 heteroatoms. The number of carboxylic acid groups (broad SMARTS) is 1. The van der Waals surface area contributed by atoms with E-state index in [1.54, 1.807) is 12.1 Å². The third-order valence-corrected chi connectivity index (χ3v) is 3.56. The zero-order valence-electron chi connectivity index (χ0n) is 10.7. The van der Waals surface area contributed by atoms with Gasteiger partial charge in [0.05, 0.1) is 7.11 Å². The number of benzene rings is 1. The maximum Gasteiger partial charge on any atom is 0.316 e. The van der Waals surface area contributed by atoms with E-state index in [0.717, 1.165) is 0 Å². The lowest BCUT2D eigenvalue weighted by Crippen LogP contribution is -2.26. The summed E-state index contributed by atoms with van der Waals surface area (Å²) in [5, 5.41) is 11.8. The van der Waals surface area contributed by atoms with Crippen LogP contribution in [-0.2, 0) is 9.59 Å². The number of fused-ring (bicyclic) bond motifs is 1. The molecule has 2 aliphatic rings. The maximum atomic E-state index is 11.6. The van der Waals surface area contributed by atoms with Crippen LogP contribution in [0.4, 0.5) is 0 Å². The number of aliphatic carboxylic acids is 1. The highest BCUT2D eigenvalue weighted by Crippen LogP contribution is 2.44. The van der Waals surface area contributed by atoms with E-state index in [9.17, 15) is 14.7 Å². The number of carboxylic acids is 1. The summed E-state index contributed by atoms with van der Waals surface area (Å²) in [5.74, 6) is -1.69. The predicted octanol–water partition coefficient (Wildman–Crippen LogP) is 0.338. The van der Waals surface area contributed by atoms with Crippen molar-refractivity contribution >= 4 is 11.9 Å². The number of carbonyl (C=O) groups is 2. The normalized spacial score (nSPS) is 23.6. The topological polar surface area (TPSA) is 94.1 Å². The van der Waals surface area contributed by atoms with Crippen LogP contribution in [0.1, 0.15) is 11.5 Å². The first-order valence-corrected chi connectivity index (χ1v) is 6.10. The Hall–Kier alpha value is -2.44. The van der Waals surface area contributed by atoms with E-state index in [2.05, 4.69) is 5.32 Å². The van der Waals surface area contributed by atoms with Gasteiger partial charge in [-0.3, -0.25) is 9.59 Å². The molecular weight excluding hydrogens is 266 g/mol. The van der Waals surface area contributed by atoms with Gasteiger partial charge in [-0.2, -0.15) is 0 Å². The standard InChI is InChI=1S/C13H13NO6/c1-18-8-2-6(3-9-11(8)20-5-19-9)7-4-14-12(15)10(7)13(16)17/h2-3,7,10H,4-5H2,1H3,(H,14,15)(H,16,17)/t7-,10+/m0/s1. The van der Waals surface area contributed by atoms with E-state index >= 15 is 0 Å². The largest absolute Gasteiger partial charge is 0.493 e. The summed E-state index contributed by atoms with van der Waals surface area (Å²) in [6, 6.07) is 3.39. The number of hydrogen-bond donors (Lipinski definition) is 2. The lowest BCUT2D eigenvalue weighted by atomic mass is 9.88. The van der Waals surface area contributed by atoms with Gasteiger partial charge in [-0.25, -0.2) is 0 Å². The van der Waals surface area contributed by atoms with Crippen LogP contribution in [0.25, 0.3) is 0 Å². The smallest absolute Gasteiger partial charge is 0.316 e. The second-order valence-electron chi connectivity index (χ2n) is 4.62. The Balaban J connectivity index is 2.02. The molecule has 20 heavy (non-hydrogen) atoms. The Bertz CT molecular complexity index is 584. The van der Waals surface area contributed by atoms with Gasteiger partial charge in [-0.1, -0.05) is 0 Å². The van der Waals surface area contributed by atoms with E-state index in [1.807, 2.05) is 0 Å². The van der Waals surface area contributed by atoms with Gasteiger partial charge in [0.25, 0.3) is 0 Å². The van der Waals surface area contributed by atoms with Crippen LogP contribution in [0.15, 0.2) is 12.1 Å². The summed E-state index contributed by atoms with van der Waals surface area (Å²) in [5.41, 5.74) is 0.678. The average molecular weight is 279 g/mol. The molecule has 7 nitrogen and oxygen atoms in total. The van der Waals surface area contributed by atoms with Crippen LogP contribution in [0.3, 0.4) is 0 Å². The molecule has 1 fully saturated rings. The van der Waals surface area contributed by atoms with Gasteiger partial charge >= 0.3 is 5.97 Å². The van der Waals surface area contributed by atoms with Crippen molar-refractivity contribution in [3.05, 3.63) is 17.7 Å². The number of hydrogen-bond acceptors (Lipinski definition) is 5. The van der Waals surface area contributed by atoms with Crippen molar-refractivity contribution in [2.75, 3.05) is 20.4 Å². The van der Waals surface area contributed by atoms with Crippen molar-refractivity contribution in [1.29, 1.82) is 0 Å². The Kier molecular flexibility index (Phi) is 2.89. The molecular formula is C13H13NO6. The molecule has 1 aromatic carbocycles. The van der Waals surface area contributed by atoms with E-state index < -0.39 is 23.7 Å². The van der Waals surface area contributed by atoms with Crippen LogP contribution in [0.5, 0.6) is 17.2 Å². The molecule has 0 spiro atoms. The Labute approximate surface area is 114 Å². The molecule has 0 aliphatic carbocycles. The van der Waals surface area contributed by atoms with Crippen LogP contribution in [0, 0.1) is 5.92 Å². The van der Waals surface area contributed by atoms with Gasteiger partial charge in [0.15, 0.2) is 11.5 Å². The first-order chi connectivity index (χ1) is 9.61. The number of carbonyl (C=O) groups excluding carboxylic acids is 1. The van der Waals surface area contributed by atoms with E-state index in [-0.39, 0.29) is 13.3 Å². The van der Waals surface area contributed by atoms with Crippen LogP contribution >= 0.6 is 0 Å². The third kappa shape index (κ3) is 1.82. The summed E-state index contributed by atoms with van der Waals surface area (Å²) in [6.45, 7) is 0.373. The highest BCUT2D eigenvalue weighted by atomic mass is 16.7. The fourth-order valence-corrected chi connectivity index (χ4v) is 2.58. The molecule has 3 rings (SSSR count). The Morgan fingerprint density at radius 2 is 2.25 bits per heavy atom. The van der Waals surface area contributed by atoms with Gasteiger partial charge < -0.3 is 24.6 Å². The van der Waals surface area contributed by atoms with E-state index in [0.29, 0.717) is 22.8 Å². The summed E-state index contributed by atoms with van der Waals surface area (Å²) in [7, 11) is 1.49.